The first-order valence-corrected chi connectivity index (χ1v) is 7.12. The van der Waals surface area contributed by atoms with E-state index in [0.29, 0.717) is 0 Å². The number of amides is 1. The molecule has 0 bridgehead atoms. The number of aliphatic carboxylic acids is 1. The van der Waals surface area contributed by atoms with Crippen molar-refractivity contribution in [1.82, 2.24) is 5.32 Å². The molecule has 0 aromatic heterocycles. The number of esters is 1. The van der Waals surface area contributed by atoms with Crippen LogP contribution in [0, 0.1) is 11.6 Å². The Balaban J connectivity index is 2.60. The third-order valence-corrected chi connectivity index (χ3v) is 2.89. The van der Waals surface area contributed by atoms with E-state index in [1.165, 1.54) is 12.1 Å². The minimum absolute atomic E-state index is 0.127. The lowest BCUT2D eigenvalue weighted by Gasteiger charge is -2.12. The predicted molar refractivity (Wildman–Crippen MR) is 80.0 cm³/mol. The summed E-state index contributed by atoms with van der Waals surface area (Å²) in [5, 5.41) is 11.3. The molecule has 2 N–H and O–H groups in total. The van der Waals surface area contributed by atoms with Crippen LogP contribution in [0.1, 0.15) is 18.9 Å². The second kappa shape index (κ2) is 9.39. The zero-order valence-electron chi connectivity index (χ0n) is 12.9. The summed E-state index contributed by atoms with van der Waals surface area (Å²) in [4.78, 5) is 34.0. The highest BCUT2D eigenvalue weighted by Gasteiger charge is 2.19. The maximum Gasteiger partial charge on any atom is 0.330 e. The van der Waals surface area contributed by atoms with Crippen molar-refractivity contribution in [2.75, 3.05) is 6.61 Å². The van der Waals surface area contributed by atoms with E-state index in [1.807, 2.05) is 0 Å². The first-order valence-electron chi connectivity index (χ1n) is 7.12. The second-order valence-electron chi connectivity index (χ2n) is 4.77. The van der Waals surface area contributed by atoms with Crippen molar-refractivity contribution >= 4 is 17.8 Å². The number of ether oxygens (including phenoxy) is 1. The number of carboxylic acids is 1. The summed E-state index contributed by atoms with van der Waals surface area (Å²) in [5.74, 6) is -4.70. The molecule has 0 unspecified atom stereocenters. The summed E-state index contributed by atoms with van der Waals surface area (Å²) in [6.07, 6.45) is 1.91. The van der Waals surface area contributed by atoms with Crippen LogP contribution in [0.3, 0.4) is 0 Å². The van der Waals surface area contributed by atoms with Crippen LogP contribution < -0.4 is 5.32 Å². The Labute approximate surface area is 137 Å². The van der Waals surface area contributed by atoms with Crippen LogP contribution in [-0.2, 0) is 25.5 Å². The van der Waals surface area contributed by atoms with E-state index in [9.17, 15) is 23.2 Å². The second-order valence-corrected chi connectivity index (χ2v) is 4.77. The van der Waals surface area contributed by atoms with Crippen LogP contribution in [0.25, 0.3) is 0 Å². The fourth-order valence-electron chi connectivity index (χ4n) is 1.79. The van der Waals surface area contributed by atoms with Gasteiger partial charge in [0, 0.05) is 6.08 Å². The first kappa shape index (κ1) is 19.3. The molecule has 0 aliphatic rings. The summed E-state index contributed by atoms with van der Waals surface area (Å²) in [5.41, 5.74) is 0.206. The third kappa shape index (κ3) is 6.55. The van der Waals surface area contributed by atoms with Crippen LogP contribution in [0.15, 0.2) is 30.4 Å². The molecule has 0 aliphatic carbocycles. The van der Waals surface area contributed by atoms with Gasteiger partial charge in [0.1, 0.15) is 6.04 Å². The van der Waals surface area contributed by atoms with Crippen molar-refractivity contribution < 1.29 is 33.0 Å². The summed E-state index contributed by atoms with van der Waals surface area (Å²) in [6, 6.07) is 1.72. The Morgan fingerprint density at radius 1 is 1.29 bits per heavy atom. The number of hydrogen-bond donors (Lipinski definition) is 2. The van der Waals surface area contributed by atoms with Gasteiger partial charge in [-0.3, -0.25) is 4.79 Å². The molecule has 1 amide bonds. The van der Waals surface area contributed by atoms with Crippen LogP contribution >= 0.6 is 0 Å². The third-order valence-electron chi connectivity index (χ3n) is 2.89. The Kier molecular flexibility index (Phi) is 7.54. The molecule has 0 radical (unpaired) electrons. The number of halogens is 2. The molecule has 1 aromatic carbocycles. The number of nitrogens with one attached hydrogen (secondary N) is 1. The molecule has 0 saturated heterocycles. The average molecular weight is 341 g/mol. The van der Waals surface area contributed by atoms with Gasteiger partial charge in [0.25, 0.3) is 0 Å². The Hall–Kier alpha value is -2.77. The molecule has 1 atom stereocenters. The minimum Gasteiger partial charge on any atom is -0.480 e. The quantitative estimate of drug-likeness (QED) is 0.553. The average Bonchev–Trinajstić information content (AvgIpc) is 2.50. The minimum atomic E-state index is -1.29. The molecule has 24 heavy (non-hydrogen) atoms. The SMILES string of the molecule is CCOC(=O)/C=C/C[C@@H](NC(=O)Cc1ccc(F)c(F)c1)C(=O)O. The Morgan fingerprint density at radius 2 is 2.00 bits per heavy atom. The van der Waals surface area contributed by atoms with Crippen molar-refractivity contribution in [3.8, 4) is 0 Å². The number of rotatable bonds is 8. The van der Waals surface area contributed by atoms with E-state index < -0.39 is 35.5 Å². The molecule has 0 spiro atoms. The monoisotopic (exact) mass is 341 g/mol. The van der Waals surface area contributed by atoms with Gasteiger partial charge in [0.2, 0.25) is 5.91 Å². The van der Waals surface area contributed by atoms with Gasteiger partial charge in [-0.15, -0.1) is 0 Å². The van der Waals surface area contributed by atoms with E-state index in [0.717, 1.165) is 18.2 Å². The van der Waals surface area contributed by atoms with Gasteiger partial charge < -0.3 is 15.2 Å². The highest BCUT2D eigenvalue weighted by atomic mass is 19.2. The highest BCUT2D eigenvalue weighted by Crippen LogP contribution is 2.09. The van der Waals surface area contributed by atoms with Crippen molar-refractivity contribution in [2.24, 2.45) is 0 Å². The van der Waals surface area contributed by atoms with E-state index in [1.54, 1.807) is 6.92 Å². The van der Waals surface area contributed by atoms with Crippen LogP contribution in [0.5, 0.6) is 0 Å². The lowest BCUT2D eigenvalue weighted by molar-refractivity contribution is -0.141. The molecule has 0 fully saturated rings. The fraction of sp³-hybridized carbons (Fsp3) is 0.312. The van der Waals surface area contributed by atoms with Crippen LogP contribution in [0.2, 0.25) is 0 Å². The molecule has 1 aromatic rings. The molecule has 130 valence electrons. The number of hydrogen-bond acceptors (Lipinski definition) is 4. The topological polar surface area (TPSA) is 92.7 Å². The number of carbonyl (C=O) groups excluding carboxylic acids is 2. The lowest BCUT2D eigenvalue weighted by atomic mass is 10.1. The van der Waals surface area contributed by atoms with Gasteiger partial charge in [0.15, 0.2) is 11.6 Å². The summed E-state index contributed by atoms with van der Waals surface area (Å²) in [7, 11) is 0. The number of carbonyl (C=O) groups is 3. The first-order chi connectivity index (χ1) is 11.3. The van der Waals surface area contributed by atoms with Gasteiger partial charge in [0.05, 0.1) is 13.0 Å². The Bertz CT molecular complexity index is 645. The molecular weight excluding hydrogens is 324 g/mol. The molecule has 0 aliphatic heterocycles. The molecule has 0 saturated carbocycles. The van der Waals surface area contributed by atoms with E-state index in [2.05, 4.69) is 10.1 Å². The van der Waals surface area contributed by atoms with Gasteiger partial charge >= 0.3 is 11.9 Å². The van der Waals surface area contributed by atoms with Gasteiger partial charge in [-0.1, -0.05) is 12.1 Å². The number of carboxylic acid groups (broad SMARTS) is 1. The molecule has 6 nitrogen and oxygen atoms in total. The van der Waals surface area contributed by atoms with Crippen LogP contribution in [-0.4, -0.2) is 35.6 Å². The van der Waals surface area contributed by atoms with Gasteiger partial charge in [-0.05, 0) is 31.0 Å². The van der Waals surface area contributed by atoms with Crippen molar-refractivity contribution in [1.29, 1.82) is 0 Å². The zero-order valence-corrected chi connectivity index (χ0v) is 12.9. The van der Waals surface area contributed by atoms with Gasteiger partial charge in [-0.2, -0.15) is 0 Å². The summed E-state index contributed by atoms with van der Waals surface area (Å²) in [6.45, 7) is 1.82. The maximum atomic E-state index is 13.1. The van der Waals surface area contributed by atoms with Gasteiger partial charge in [-0.25, -0.2) is 18.4 Å². The molecule has 0 heterocycles. The van der Waals surface area contributed by atoms with E-state index >= 15 is 0 Å². The normalized spacial score (nSPS) is 12.0. The molecule has 8 heteroatoms. The van der Waals surface area contributed by atoms with E-state index in [4.69, 9.17) is 5.11 Å². The van der Waals surface area contributed by atoms with Crippen molar-refractivity contribution in [3.05, 3.63) is 47.5 Å². The summed E-state index contributed by atoms with van der Waals surface area (Å²) < 4.78 is 30.5. The molecular formula is C16H17F2NO5. The maximum absolute atomic E-state index is 13.1. The predicted octanol–water partition coefficient (Wildman–Crippen LogP) is 1.59. The summed E-state index contributed by atoms with van der Waals surface area (Å²) >= 11 is 0. The Morgan fingerprint density at radius 3 is 2.58 bits per heavy atom. The number of benzene rings is 1. The smallest absolute Gasteiger partial charge is 0.330 e. The van der Waals surface area contributed by atoms with E-state index in [-0.39, 0.29) is 25.0 Å². The largest absolute Gasteiger partial charge is 0.480 e. The standard InChI is InChI=1S/C16H17F2NO5/c1-2-24-15(21)5-3-4-13(16(22)23)19-14(20)9-10-6-7-11(17)12(18)8-10/h3,5-8,13H,2,4,9H2,1H3,(H,19,20)(H,22,23)/b5-3+/t13-/m1/s1. The molecule has 1 rings (SSSR count). The fourth-order valence-corrected chi connectivity index (χ4v) is 1.79. The van der Waals surface area contributed by atoms with Crippen molar-refractivity contribution in [3.63, 3.8) is 0 Å². The van der Waals surface area contributed by atoms with Crippen molar-refractivity contribution in [2.45, 2.75) is 25.8 Å². The lowest BCUT2D eigenvalue weighted by Crippen LogP contribution is -2.41. The highest BCUT2D eigenvalue weighted by molar-refractivity contribution is 5.85. The zero-order chi connectivity index (χ0) is 18.1. The van der Waals surface area contributed by atoms with Crippen LogP contribution in [0.4, 0.5) is 8.78 Å².